The molecule has 0 bridgehead atoms. The van der Waals surface area contributed by atoms with Gasteiger partial charge in [-0.05, 0) is 108 Å². The molecule has 1 saturated carbocycles. The van der Waals surface area contributed by atoms with Gasteiger partial charge in [-0.1, -0.05) is 90.8 Å². The lowest BCUT2D eigenvalue weighted by molar-refractivity contribution is 0.126. The van der Waals surface area contributed by atoms with Crippen molar-refractivity contribution in [1.82, 2.24) is 0 Å². The van der Waals surface area contributed by atoms with Crippen LogP contribution in [0.15, 0.2) is 54.6 Å². The van der Waals surface area contributed by atoms with Crippen molar-refractivity contribution in [1.29, 1.82) is 0 Å². The molecule has 1 aliphatic carbocycles. The normalized spacial score (nSPS) is 17.8. The second-order valence-corrected chi connectivity index (χ2v) is 12.0. The van der Waals surface area contributed by atoms with Crippen molar-refractivity contribution in [2.75, 3.05) is 6.61 Å². The van der Waals surface area contributed by atoms with Crippen molar-refractivity contribution in [3.05, 3.63) is 77.1 Å². The Hall–Kier alpha value is -2.61. The monoisotopic (exact) mass is 528 g/mol. The van der Waals surface area contributed by atoms with Gasteiger partial charge < -0.3 is 4.74 Å². The Bertz CT molecular complexity index is 1180. The van der Waals surface area contributed by atoms with Gasteiger partial charge in [-0.2, -0.15) is 0 Å². The van der Waals surface area contributed by atoms with Crippen LogP contribution in [0.4, 0.5) is 4.39 Å². The SMILES string of the molecule is CCc1cc(-c2ccc(-c3ccc(C4CCC(C)CC4)cc3F)cc2)cc(CC)c1OCC(CC)(CC)CC. The minimum atomic E-state index is -0.107. The van der Waals surface area contributed by atoms with Gasteiger partial charge >= 0.3 is 0 Å². The molecule has 0 spiro atoms. The van der Waals surface area contributed by atoms with E-state index in [0.29, 0.717) is 11.5 Å². The van der Waals surface area contributed by atoms with Crippen LogP contribution < -0.4 is 4.74 Å². The molecule has 0 atom stereocenters. The number of aryl methyl sites for hydroxylation is 2. The second kappa shape index (κ2) is 13.2. The van der Waals surface area contributed by atoms with Gasteiger partial charge in [-0.25, -0.2) is 4.39 Å². The van der Waals surface area contributed by atoms with Gasteiger partial charge in [0.05, 0.1) is 6.61 Å². The van der Waals surface area contributed by atoms with Crippen LogP contribution in [0.5, 0.6) is 5.75 Å². The van der Waals surface area contributed by atoms with Crippen LogP contribution in [0.3, 0.4) is 0 Å². The van der Waals surface area contributed by atoms with Crippen LogP contribution in [-0.4, -0.2) is 6.61 Å². The van der Waals surface area contributed by atoms with Crippen LogP contribution in [-0.2, 0) is 12.8 Å². The molecule has 0 heterocycles. The average molecular weight is 529 g/mol. The molecule has 2 heteroatoms. The summed E-state index contributed by atoms with van der Waals surface area (Å²) in [4.78, 5) is 0. The second-order valence-electron chi connectivity index (χ2n) is 12.0. The molecule has 0 unspecified atom stereocenters. The van der Waals surface area contributed by atoms with Crippen molar-refractivity contribution < 1.29 is 9.13 Å². The fraction of sp³-hybridized carbons (Fsp3) is 0.514. The maximum absolute atomic E-state index is 15.3. The van der Waals surface area contributed by atoms with Gasteiger partial charge in [0.1, 0.15) is 11.6 Å². The third-order valence-corrected chi connectivity index (χ3v) is 9.79. The Labute approximate surface area is 237 Å². The summed E-state index contributed by atoms with van der Waals surface area (Å²) in [5.74, 6) is 2.28. The van der Waals surface area contributed by atoms with Crippen LogP contribution >= 0.6 is 0 Å². The summed E-state index contributed by atoms with van der Waals surface area (Å²) in [6.07, 6.45) is 10.1. The third kappa shape index (κ3) is 6.59. The van der Waals surface area contributed by atoms with Gasteiger partial charge in [-0.15, -0.1) is 0 Å². The number of halogens is 1. The Balaban J connectivity index is 1.56. The largest absolute Gasteiger partial charge is 0.492 e. The minimum absolute atomic E-state index is 0.107. The van der Waals surface area contributed by atoms with Crippen molar-refractivity contribution in [2.24, 2.45) is 11.3 Å². The highest BCUT2D eigenvalue weighted by Gasteiger charge is 2.26. The van der Waals surface area contributed by atoms with E-state index in [1.54, 1.807) is 6.07 Å². The summed E-state index contributed by atoms with van der Waals surface area (Å²) in [7, 11) is 0. The first kappa shape index (κ1) is 29.4. The molecule has 4 rings (SSSR count). The minimum Gasteiger partial charge on any atom is -0.492 e. The zero-order valence-electron chi connectivity index (χ0n) is 25.2. The molecule has 1 aliphatic rings. The third-order valence-electron chi connectivity index (χ3n) is 9.79. The molecule has 1 fully saturated rings. The first-order valence-corrected chi connectivity index (χ1v) is 15.6. The van der Waals surface area contributed by atoms with Crippen molar-refractivity contribution in [3.8, 4) is 28.0 Å². The van der Waals surface area contributed by atoms with E-state index >= 15 is 4.39 Å². The molecule has 0 aliphatic heterocycles. The van der Waals surface area contributed by atoms with E-state index in [9.17, 15) is 0 Å². The Kier molecular flexibility index (Phi) is 9.91. The molecule has 3 aromatic rings. The quantitative estimate of drug-likeness (QED) is 0.240. The first-order chi connectivity index (χ1) is 18.9. The van der Waals surface area contributed by atoms with E-state index in [0.717, 1.165) is 67.1 Å². The van der Waals surface area contributed by atoms with Gasteiger partial charge in [0.15, 0.2) is 0 Å². The molecule has 0 radical (unpaired) electrons. The fourth-order valence-electron chi connectivity index (χ4n) is 6.37. The van der Waals surface area contributed by atoms with Gasteiger partial charge in [0, 0.05) is 11.0 Å². The highest BCUT2D eigenvalue weighted by atomic mass is 19.1. The van der Waals surface area contributed by atoms with Crippen molar-refractivity contribution in [2.45, 2.75) is 105 Å². The predicted molar refractivity (Wildman–Crippen MR) is 165 cm³/mol. The summed E-state index contributed by atoms with van der Waals surface area (Å²) in [6.45, 7) is 14.4. The predicted octanol–water partition coefficient (Wildman–Crippen LogP) is 11.2. The number of ether oxygens (including phenoxy) is 1. The molecular formula is C37H49FO. The smallest absolute Gasteiger partial charge is 0.131 e. The maximum atomic E-state index is 15.3. The molecule has 210 valence electrons. The highest BCUT2D eigenvalue weighted by Crippen LogP contribution is 2.39. The number of benzene rings is 3. The first-order valence-electron chi connectivity index (χ1n) is 15.6. The highest BCUT2D eigenvalue weighted by molar-refractivity contribution is 5.72. The lowest BCUT2D eigenvalue weighted by atomic mass is 9.79. The van der Waals surface area contributed by atoms with Crippen LogP contribution in [0, 0.1) is 17.2 Å². The Morgan fingerprint density at radius 2 is 1.28 bits per heavy atom. The number of rotatable bonds is 11. The summed E-state index contributed by atoms with van der Waals surface area (Å²) in [5, 5.41) is 0. The van der Waals surface area contributed by atoms with E-state index in [2.05, 4.69) is 84.0 Å². The standard InChI is InChI=1S/C37H49FO/c1-7-27-22-33(23-28(8-2)36(27)39-25-37(9-3,10-4)11-5)30-16-18-31(19-17-30)34-21-20-32(24-35(34)38)29-14-12-26(6)13-15-29/h16-24,26,29H,7-15,25H2,1-6H3. The van der Waals surface area contributed by atoms with Crippen LogP contribution in [0.2, 0.25) is 0 Å². The zero-order chi connectivity index (χ0) is 28.0. The lowest BCUT2D eigenvalue weighted by Crippen LogP contribution is -2.27. The topological polar surface area (TPSA) is 9.23 Å². The summed E-state index contributed by atoms with van der Waals surface area (Å²) in [6, 6.07) is 18.9. The van der Waals surface area contributed by atoms with Crippen LogP contribution in [0.1, 0.15) is 109 Å². The van der Waals surface area contributed by atoms with Crippen molar-refractivity contribution in [3.63, 3.8) is 0 Å². The van der Waals surface area contributed by atoms with E-state index in [1.165, 1.54) is 42.4 Å². The number of hydrogen-bond donors (Lipinski definition) is 0. The van der Waals surface area contributed by atoms with E-state index < -0.39 is 0 Å². The maximum Gasteiger partial charge on any atom is 0.131 e. The summed E-state index contributed by atoms with van der Waals surface area (Å²) < 4.78 is 21.8. The molecule has 0 aromatic heterocycles. The van der Waals surface area contributed by atoms with Gasteiger partial charge in [0.2, 0.25) is 0 Å². The van der Waals surface area contributed by atoms with Gasteiger partial charge in [0.25, 0.3) is 0 Å². The molecule has 0 N–H and O–H groups in total. The molecule has 39 heavy (non-hydrogen) atoms. The fourth-order valence-corrected chi connectivity index (χ4v) is 6.37. The summed E-state index contributed by atoms with van der Waals surface area (Å²) >= 11 is 0. The lowest BCUT2D eigenvalue weighted by Gasteiger charge is -2.31. The van der Waals surface area contributed by atoms with Gasteiger partial charge in [-0.3, -0.25) is 0 Å². The Morgan fingerprint density at radius 1 is 0.718 bits per heavy atom. The van der Waals surface area contributed by atoms with E-state index in [-0.39, 0.29) is 11.2 Å². The molecule has 0 saturated heterocycles. The van der Waals surface area contributed by atoms with E-state index in [4.69, 9.17) is 4.74 Å². The molecule has 1 nitrogen and oxygen atoms in total. The number of hydrogen-bond acceptors (Lipinski definition) is 1. The molecule has 0 amide bonds. The summed E-state index contributed by atoms with van der Waals surface area (Å²) in [5.41, 5.74) is 7.93. The Morgan fingerprint density at radius 3 is 1.79 bits per heavy atom. The zero-order valence-corrected chi connectivity index (χ0v) is 25.2. The van der Waals surface area contributed by atoms with E-state index in [1.807, 2.05) is 6.07 Å². The average Bonchev–Trinajstić information content (AvgIpc) is 2.98. The van der Waals surface area contributed by atoms with Crippen LogP contribution in [0.25, 0.3) is 22.3 Å². The molecule has 3 aromatic carbocycles. The molecular weight excluding hydrogens is 479 g/mol. The van der Waals surface area contributed by atoms with Crippen molar-refractivity contribution >= 4 is 0 Å².